The van der Waals surface area contributed by atoms with Crippen molar-refractivity contribution < 1.29 is 4.79 Å². The minimum absolute atomic E-state index is 0.0312. The van der Waals surface area contributed by atoms with E-state index < -0.39 is 0 Å². The highest BCUT2D eigenvalue weighted by Crippen LogP contribution is 2.34. The van der Waals surface area contributed by atoms with Crippen molar-refractivity contribution in [3.63, 3.8) is 0 Å². The van der Waals surface area contributed by atoms with Gasteiger partial charge in [-0.15, -0.1) is 0 Å². The second-order valence-electron chi connectivity index (χ2n) is 8.33. The van der Waals surface area contributed by atoms with Crippen LogP contribution in [-0.4, -0.2) is 35.4 Å². The van der Waals surface area contributed by atoms with Crippen LogP contribution in [0.15, 0.2) is 48.7 Å². The molecule has 5 nitrogen and oxygen atoms in total. The molecule has 3 aromatic rings. The van der Waals surface area contributed by atoms with Gasteiger partial charge in [-0.05, 0) is 48.6 Å². The van der Waals surface area contributed by atoms with E-state index in [0.29, 0.717) is 17.1 Å². The van der Waals surface area contributed by atoms with Crippen LogP contribution in [0.1, 0.15) is 29.5 Å². The molecule has 0 unspecified atom stereocenters. The molecule has 0 atom stereocenters. The molecule has 0 saturated carbocycles. The van der Waals surface area contributed by atoms with Crippen molar-refractivity contribution in [2.75, 3.05) is 24.5 Å². The van der Waals surface area contributed by atoms with E-state index in [-0.39, 0.29) is 11.8 Å². The number of rotatable bonds is 2. The average molecular weight is 431 g/mol. The van der Waals surface area contributed by atoms with E-state index in [1.54, 1.807) is 6.20 Å². The monoisotopic (exact) mass is 430 g/mol. The number of nitriles is 1. The normalized spacial score (nSPS) is 16.8. The van der Waals surface area contributed by atoms with Gasteiger partial charge in [0.05, 0.1) is 16.8 Å². The van der Waals surface area contributed by atoms with Crippen LogP contribution in [0.2, 0.25) is 5.02 Å². The maximum absolute atomic E-state index is 13.2. The number of fused-ring (bicyclic) bond motifs is 2. The first-order chi connectivity index (χ1) is 15.1. The van der Waals surface area contributed by atoms with E-state index in [1.165, 1.54) is 11.1 Å². The maximum Gasteiger partial charge on any atom is 0.226 e. The van der Waals surface area contributed by atoms with Gasteiger partial charge >= 0.3 is 0 Å². The predicted molar refractivity (Wildman–Crippen MR) is 122 cm³/mol. The smallest absolute Gasteiger partial charge is 0.226 e. The molecule has 1 saturated heterocycles. The Hall–Kier alpha value is -3.10. The fourth-order valence-corrected chi connectivity index (χ4v) is 5.04. The lowest BCUT2D eigenvalue weighted by atomic mass is 9.92. The van der Waals surface area contributed by atoms with E-state index in [0.717, 1.165) is 55.5 Å². The first-order valence-corrected chi connectivity index (χ1v) is 11.1. The quantitative estimate of drug-likeness (QED) is 0.598. The van der Waals surface area contributed by atoms with E-state index in [1.807, 2.05) is 29.2 Å². The Labute approximate surface area is 186 Å². The standard InChI is InChI=1S/C25H23ClN4O/c26-21-5-6-23-22(13-21)24(20(14-27)15-28-23)29-10-8-18(9-11-29)25(31)30-12-7-17-3-1-2-4-19(17)16-30/h1-6,13,15,18H,7-12,16H2. The van der Waals surface area contributed by atoms with Gasteiger partial charge in [0, 0.05) is 48.7 Å². The minimum Gasteiger partial charge on any atom is -0.370 e. The number of halogens is 1. The highest BCUT2D eigenvalue weighted by atomic mass is 35.5. The van der Waals surface area contributed by atoms with Crippen molar-refractivity contribution in [1.29, 1.82) is 5.26 Å². The largest absolute Gasteiger partial charge is 0.370 e. The number of carbonyl (C=O) groups is 1. The first kappa shape index (κ1) is 19.8. The molecule has 0 spiro atoms. The summed E-state index contributed by atoms with van der Waals surface area (Å²) in [5, 5.41) is 11.2. The van der Waals surface area contributed by atoms with Crippen molar-refractivity contribution in [2.45, 2.75) is 25.8 Å². The predicted octanol–water partition coefficient (Wildman–Crippen LogP) is 4.56. The third kappa shape index (κ3) is 3.73. The molecule has 31 heavy (non-hydrogen) atoms. The summed E-state index contributed by atoms with van der Waals surface area (Å²) in [6, 6.07) is 16.2. The zero-order valence-electron chi connectivity index (χ0n) is 17.2. The number of aromatic nitrogens is 1. The van der Waals surface area contributed by atoms with Gasteiger partial charge in [0.15, 0.2) is 0 Å². The second kappa shape index (κ2) is 8.20. The van der Waals surface area contributed by atoms with Crippen LogP contribution in [-0.2, 0) is 17.8 Å². The lowest BCUT2D eigenvalue weighted by molar-refractivity contribution is -0.137. The zero-order valence-corrected chi connectivity index (χ0v) is 18.0. The molecular formula is C25H23ClN4O. The Bertz CT molecular complexity index is 1190. The third-order valence-electron chi connectivity index (χ3n) is 6.52. The number of carbonyl (C=O) groups excluding carboxylic acids is 1. The molecule has 5 rings (SSSR count). The Morgan fingerprint density at radius 3 is 2.65 bits per heavy atom. The van der Waals surface area contributed by atoms with Crippen molar-refractivity contribution in [3.05, 3.63) is 70.4 Å². The highest BCUT2D eigenvalue weighted by Gasteiger charge is 2.31. The van der Waals surface area contributed by atoms with Gasteiger partial charge in [-0.25, -0.2) is 0 Å². The summed E-state index contributed by atoms with van der Waals surface area (Å²) in [6.07, 6.45) is 4.13. The van der Waals surface area contributed by atoms with Crippen LogP contribution in [0.25, 0.3) is 10.9 Å². The number of hydrogen-bond donors (Lipinski definition) is 0. The summed E-state index contributed by atoms with van der Waals surface area (Å²) in [6.45, 7) is 2.98. The fourth-order valence-electron chi connectivity index (χ4n) is 4.87. The number of nitrogens with zero attached hydrogens (tertiary/aromatic N) is 4. The summed E-state index contributed by atoms with van der Waals surface area (Å²) in [5.41, 5.74) is 4.87. The number of amides is 1. The molecule has 6 heteroatoms. The molecule has 2 aliphatic heterocycles. The highest BCUT2D eigenvalue weighted by molar-refractivity contribution is 6.31. The molecule has 0 radical (unpaired) electrons. The van der Waals surface area contributed by atoms with Gasteiger partial charge in [-0.3, -0.25) is 9.78 Å². The number of pyridine rings is 1. The number of hydrogen-bond acceptors (Lipinski definition) is 4. The fraction of sp³-hybridized carbons (Fsp3) is 0.320. The van der Waals surface area contributed by atoms with Crippen molar-refractivity contribution >= 4 is 34.1 Å². The number of benzene rings is 2. The Morgan fingerprint density at radius 1 is 1.10 bits per heavy atom. The van der Waals surface area contributed by atoms with Gasteiger partial charge in [0.1, 0.15) is 6.07 Å². The molecule has 2 aliphatic rings. The van der Waals surface area contributed by atoms with Crippen molar-refractivity contribution in [3.8, 4) is 6.07 Å². The minimum atomic E-state index is 0.0312. The summed E-state index contributed by atoms with van der Waals surface area (Å²) in [5.74, 6) is 0.293. The molecule has 3 heterocycles. The third-order valence-corrected chi connectivity index (χ3v) is 6.76. The summed E-state index contributed by atoms with van der Waals surface area (Å²) in [7, 11) is 0. The molecule has 1 amide bonds. The SMILES string of the molecule is N#Cc1cnc2ccc(Cl)cc2c1N1CCC(C(=O)N2CCc3ccccc3C2)CC1. The van der Waals surface area contributed by atoms with Gasteiger partial charge in [-0.2, -0.15) is 5.26 Å². The molecule has 1 aromatic heterocycles. The van der Waals surface area contributed by atoms with Crippen molar-refractivity contribution in [1.82, 2.24) is 9.88 Å². The van der Waals surface area contributed by atoms with Gasteiger partial charge < -0.3 is 9.80 Å². The Balaban J connectivity index is 1.33. The van der Waals surface area contributed by atoms with Crippen LogP contribution in [0.3, 0.4) is 0 Å². The summed E-state index contributed by atoms with van der Waals surface area (Å²) in [4.78, 5) is 21.9. The van der Waals surface area contributed by atoms with E-state index in [4.69, 9.17) is 11.6 Å². The molecular weight excluding hydrogens is 408 g/mol. The number of piperidine rings is 1. The van der Waals surface area contributed by atoms with E-state index >= 15 is 0 Å². The molecule has 2 aromatic carbocycles. The average Bonchev–Trinajstić information content (AvgIpc) is 2.82. The van der Waals surface area contributed by atoms with E-state index in [9.17, 15) is 10.1 Å². The Kier molecular flexibility index (Phi) is 5.25. The summed E-state index contributed by atoms with van der Waals surface area (Å²) < 4.78 is 0. The van der Waals surface area contributed by atoms with Gasteiger partial charge in [-0.1, -0.05) is 35.9 Å². The molecule has 1 fully saturated rings. The second-order valence-corrected chi connectivity index (χ2v) is 8.77. The lowest BCUT2D eigenvalue weighted by Gasteiger charge is -2.37. The number of anilines is 1. The van der Waals surface area contributed by atoms with Crippen LogP contribution < -0.4 is 4.90 Å². The lowest BCUT2D eigenvalue weighted by Crippen LogP contribution is -2.44. The first-order valence-electron chi connectivity index (χ1n) is 10.7. The van der Waals surface area contributed by atoms with Gasteiger partial charge in [0.2, 0.25) is 5.91 Å². The van der Waals surface area contributed by atoms with Crippen LogP contribution in [0, 0.1) is 17.2 Å². The van der Waals surface area contributed by atoms with Crippen LogP contribution in [0.5, 0.6) is 0 Å². The summed E-state index contributed by atoms with van der Waals surface area (Å²) >= 11 is 6.23. The van der Waals surface area contributed by atoms with Crippen LogP contribution >= 0.6 is 11.6 Å². The van der Waals surface area contributed by atoms with Crippen molar-refractivity contribution in [2.24, 2.45) is 5.92 Å². The maximum atomic E-state index is 13.2. The molecule has 156 valence electrons. The molecule has 0 aliphatic carbocycles. The van der Waals surface area contributed by atoms with Crippen LogP contribution in [0.4, 0.5) is 5.69 Å². The molecule has 0 bridgehead atoms. The van der Waals surface area contributed by atoms with Gasteiger partial charge in [0.25, 0.3) is 0 Å². The Morgan fingerprint density at radius 2 is 1.87 bits per heavy atom. The van der Waals surface area contributed by atoms with E-state index in [2.05, 4.69) is 34.2 Å². The topological polar surface area (TPSA) is 60.2 Å². The molecule has 0 N–H and O–H groups in total. The zero-order chi connectivity index (χ0) is 21.4.